The van der Waals surface area contributed by atoms with Crippen LogP contribution >= 0.6 is 11.8 Å². The first-order chi connectivity index (χ1) is 9.56. The molecule has 0 aromatic heterocycles. The second-order valence-corrected chi connectivity index (χ2v) is 6.47. The number of likely N-dealkylation sites (N-methyl/N-ethyl adjacent to an activating group) is 1. The van der Waals surface area contributed by atoms with Crippen molar-refractivity contribution in [1.29, 1.82) is 0 Å². The molecule has 4 nitrogen and oxygen atoms in total. The molecule has 0 spiro atoms. The Morgan fingerprint density at radius 1 is 1.45 bits per heavy atom. The minimum Gasteiger partial charge on any atom is -0.391 e. The summed E-state index contributed by atoms with van der Waals surface area (Å²) >= 11 is 1.73. The molecule has 1 fully saturated rings. The standard InChI is InChI=1S/C15H25N3OS/c1-17(2)9-11-7-12(19)10-18(11)14-5-4-6-15(20-3)13(14)8-16/h4-6,11-12,19H,7-10,16H2,1-3H3. The molecular weight excluding hydrogens is 270 g/mol. The third-order valence-electron chi connectivity index (χ3n) is 3.81. The number of hydrogen-bond donors (Lipinski definition) is 2. The van der Waals surface area contributed by atoms with E-state index < -0.39 is 0 Å². The van der Waals surface area contributed by atoms with Gasteiger partial charge in [0.15, 0.2) is 0 Å². The fourth-order valence-corrected chi connectivity index (χ4v) is 3.65. The van der Waals surface area contributed by atoms with Crippen LogP contribution in [0.3, 0.4) is 0 Å². The summed E-state index contributed by atoms with van der Waals surface area (Å²) in [6.07, 6.45) is 2.66. The average molecular weight is 295 g/mol. The number of nitrogens with two attached hydrogens (primary N) is 1. The van der Waals surface area contributed by atoms with Gasteiger partial charge in [0.2, 0.25) is 0 Å². The first-order valence-electron chi connectivity index (χ1n) is 7.02. The average Bonchev–Trinajstić information content (AvgIpc) is 2.77. The number of rotatable bonds is 5. The zero-order chi connectivity index (χ0) is 14.7. The normalized spacial score (nSPS) is 22.8. The Morgan fingerprint density at radius 2 is 2.20 bits per heavy atom. The minimum atomic E-state index is -0.247. The lowest BCUT2D eigenvalue weighted by molar-refractivity contribution is 0.191. The number of anilines is 1. The topological polar surface area (TPSA) is 52.7 Å². The summed E-state index contributed by atoms with van der Waals surface area (Å²) in [5, 5.41) is 10.0. The van der Waals surface area contributed by atoms with Crippen molar-refractivity contribution in [1.82, 2.24) is 4.90 Å². The molecule has 1 aromatic rings. The van der Waals surface area contributed by atoms with Crippen molar-refractivity contribution in [3.63, 3.8) is 0 Å². The monoisotopic (exact) mass is 295 g/mol. The second-order valence-electron chi connectivity index (χ2n) is 5.62. The minimum absolute atomic E-state index is 0.247. The van der Waals surface area contributed by atoms with Crippen molar-refractivity contribution in [2.45, 2.75) is 30.0 Å². The zero-order valence-corrected chi connectivity index (χ0v) is 13.4. The van der Waals surface area contributed by atoms with Crippen LogP contribution in [0.4, 0.5) is 5.69 Å². The van der Waals surface area contributed by atoms with E-state index in [1.54, 1.807) is 11.8 Å². The largest absolute Gasteiger partial charge is 0.391 e. The van der Waals surface area contributed by atoms with E-state index in [0.29, 0.717) is 19.1 Å². The molecule has 1 aliphatic rings. The Kier molecular flexibility index (Phi) is 5.32. The molecule has 5 heteroatoms. The van der Waals surface area contributed by atoms with Gasteiger partial charge in [0.05, 0.1) is 6.10 Å². The summed E-state index contributed by atoms with van der Waals surface area (Å²) < 4.78 is 0. The highest BCUT2D eigenvalue weighted by Crippen LogP contribution is 2.33. The SMILES string of the molecule is CSc1cccc(N2CC(O)CC2CN(C)C)c1CN. The van der Waals surface area contributed by atoms with Gasteiger partial charge in [-0.3, -0.25) is 0 Å². The molecule has 1 saturated heterocycles. The molecule has 2 atom stereocenters. The van der Waals surface area contributed by atoms with E-state index in [4.69, 9.17) is 5.73 Å². The molecule has 1 aliphatic heterocycles. The van der Waals surface area contributed by atoms with Crippen molar-refractivity contribution in [2.24, 2.45) is 5.73 Å². The summed E-state index contributed by atoms with van der Waals surface area (Å²) in [6.45, 7) is 2.18. The van der Waals surface area contributed by atoms with Crippen molar-refractivity contribution < 1.29 is 5.11 Å². The Balaban J connectivity index is 2.33. The quantitative estimate of drug-likeness (QED) is 0.804. The summed E-state index contributed by atoms with van der Waals surface area (Å²) in [4.78, 5) is 5.73. The number of nitrogens with zero attached hydrogens (tertiary/aromatic N) is 2. The number of thioether (sulfide) groups is 1. The van der Waals surface area contributed by atoms with Crippen LogP contribution in [0, 0.1) is 0 Å². The van der Waals surface area contributed by atoms with E-state index in [-0.39, 0.29) is 6.10 Å². The molecule has 3 N–H and O–H groups in total. The molecular formula is C15H25N3OS. The van der Waals surface area contributed by atoms with E-state index >= 15 is 0 Å². The Hall–Kier alpha value is -0.750. The van der Waals surface area contributed by atoms with Crippen molar-refractivity contribution in [3.8, 4) is 0 Å². The van der Waals surface area contributed by atoms with Gasteiger partial charge in [-0.05, 0) is 38.9 Å². The first-order valence-corrected chi connectivity index (χ1v) is 8.24. The maximum absolute atomic E-state index is 10.0. The van der Waals surface area contributed by atoms with Gasteiger partial charge >= 0.3 is 0 Å². The second kappa shape index (κ2) is 6.80. The van der Waals surface area contributed by atoms with E-state index in [1.165, 1.54) is 16.1 Å². The molecule has 112 valence electrons. The molecule has 2 rings (SSSR count). The van der Waals surface area contributed by atoms with Gasteiger partial charge in [0.25, 0.3) is 0 Å². The third-order valence-corrected chi connectivity index (χ3v) is 4.63. The molecule has 0 radical (unpaired) electrons. The van der Waals surface area contributed by atoms with Gasteiger partial charge in [-0.2, -0.15) is 0 Å². The third kappa shape index (κ3) is 3.28. The molecule has 2 unspecified atom stereocenters. The van der Waals surface area contributed by atoms with Gasteiger partial charge in [0.1, 0.15) is 0 Å². The van der Waals surface area contributed by atoms with Crippen LogP contribution in [0.15, 0.2) is 23.1 Å². The lowest BCUT2D eigenvalue weighted by Crippen LogP contribution is -2.38. The summed E-state index contributed by atoms with van der Waals surface area (Å²) in [5.74, 6) is 0. The lowest BCUT2D eigenvalue weighted by Gasteiger charge is -2.31. The zero-order valence-electron chi connectivity index (χ0n) is 12.5. The van der Waals surface area contributed by atoms with Gasteiger partial charge in [-0.15, -0.1) is 11.8 Å². The first kappa shape index (κ1) is 15.6. The molecule has 0 amide bonds. The van der Waals surface area contributed by atoms with Crippen LogP contribution in [0.1, 0.15) is 12.0 Å². The van der Waals surface area contributed by atoms with Crippen LogP contribution in [-0.4, -0.2) is 55.6 Å². The maximum atomic E-state index is 10.0. The summed E-state index contributed by atoms with van der Waals surface area (Å²) in [7, 11) is 4.15. The predicted molar refractivity (Wildman–Crippen MR) is 86.4 cm³/mol. The van der Waals surface area contributed by atoms with E-state index in [2.05, 4.69) is 48.4 Å². The number of aliphatic hydroxyl groups is 1. The van der Waals surface area contributed by atoms with Crippen molar-refractivity contribution in [2.75, 3.05) is 38.3 Å². The Morgan fingerprint density at radius 3 is 2.80 bits per heavy atom. The highest BCUT2D eigenvalue weighted by Gasteiger charge is 2.32. The predicted octanol–water partition coefficient (Wildman–Crippen LogP) is 1.37. The molecule has 0 bridgehead atoms. The molecule has 1 heterocycles. The summed E-state index contributed by atoms with van der Waals surface area (Å²) in [6, 6.07) is 6.67. The van der Waals surface area contributed by atoms with Crippen molar-refractivity contribution in [3.05, 3.63) is 23.8 Å². The van der Waals surface area contributed by atoms with E-state index in [1.807, 2.05) is 0 Å². The molecule has 0 saturated carbocycles. The van der Waals surface area contributed by atoms with Crippen LogP contribution in [-0.2, 0) is 6.54 Å². The molecule has 0 aliphatic carbocycles. The maximum Gasteiger partial charge on any atom is 0.0735 e. The number of hydrogen-bond acceptors (Lipinski definition) is 5. The number of benzene rings is 1. The molecule has 1 aromatic carbocycles. The van der Waals surface area contributed by atoms with Gasteiger partial charge < -0.3 is 20.6 Å². The summed E-state index contributed by atoms with van der Waals surface area (Å²) in [5.41, 5.74) is 8.34. The molecule has 20 heavy (non-hydrogen) atoms. The van der Waals surface area contributed by atoms with Crippen LogP contribution in [0.2, 0.25) is 0 Å². The number of aliphatic hydroxyl groups excluding tert-OH is 1. The van der Waals surface area contributed by atoms with E-state index in [0.717, 1.165) is 13.0 Å². The fraction of sp³-hybridized carbons (Fsp3) is 0.600. The van der Waals surface area contributed by atoms with Crippen LogP contribution in [0.25, 0.3) is 0 Å². The van der Waals surface area contributed by atoms with Crippen LogP contribution in [0.5, 0.6) is 0 Å². The highest BCUT2D eigenvalue weighted by atomic mass is 32.2. The Bertz CT molecular complexity index is 453. The highest BCUT2D eigenvalue weighted by molar-refractivity contribution is 7.98. The van der Waals surface area contributed by atoms with Gasteiger partial charge in [-0.25, -0.2) is 0 Å². The van der Waals surface area contributed by atoms with E-state index in [9.17, 15) is 5.11 Å². The smallest absolute Gasteiger partial charge is 0.0735 e. The fourth-order valence-electron chi connectivity index (χ4n) is 3.00. The Labute approximate surface area is 125 Å². The van der Waals surface area contributed by atoms with Gasteiger partial charge in [0, 0.05) is 41.8 Å². The van der Waals surface area contributed by atoms with Gasteiger partial charge in [-0.1, -0.05) is 6.07 Å². The van der Waals surface area contributed by atoms with Crippen molar-refractivity contribution >= 4 is 17.4 Å². The lowest BCUT2D eigenvalue weighted by atomic mass is 10.1. The number of β-amino-alcohol motifs (C(OH)–C–C–N with tert-alkyl or cyclic N) is 1. The van der Waals surface area contributed by atoms with Crippen LogP contribution < -0.4 is 10.6 Å².